The summed E-state index contributed by atoms with van der Waals surface area (Å²) in [7, 11) is 0. The molecule has 222 valence electrons. The van der Waals surface area contributed by atoms with Gasteiger partial charge in [-0.25, -0.2) is 8.78 Å². The summed E-state index contributed by atoms with van der Waals surface area (Å²) in [6.07, 6.45) is -19.0. The Labute approximate surface area is 224 Å². The van der Waals surface area contributed by atoms with Gasteiger partial charge in [-0.05, 0) is 47.0 Å². The van der Waals surface area contributed by atoms with Crippen molar-refractivity contribution in [2.75, 3.05) is 0 Å². The average Bonchev–Trinajstić information content (AvgIpc) is 2.86. The fraction of sp³-hybridized carbons (Fsp3) is 0.269. The van der Waals surface area contributed by atoms with Crippen LogP contribution in [-0.4, -0.2) is 35.0 Å². The number of carbonyl (C=O) groups is 1. The van der Waals surface area contributed by atoms with Crippen LogP contribution in [-0.2, 0) is 22.9 Å². The Morgan fingerprint density at radius 1 is 0.732 bits per heavy atom. The third kappa shape index (κ3) is 6.30. The largest absolute Gasteiger partial charge is 0.428 e. The molecular formula is C26H19F11N2O2. The van der Waals surface area contributed by atoms with Gasteiger partial charge in [-0.3, -0.25) is 4.79 Å². The first kappa shape index (κ1) is 31.8. The van der Waals surface area contributed by atoms with Crippen molar-refractivity contribution in [3.05, 3.63) is 107 Å². The van der Waals surface area contributed by atoms with Gasteiger partial charge in [-0.1, -0.05) is 42.5 Å². The number of carbonyl (C=O) groups excluding carboxylic acids is 1. The van der Waals surface area contributed by atoms with Crippen LogP contribution in [0.25, 0.3) is 0 Å². The Morgan fingerprint density at radius 3 is 1.73 bits per heavy atom. The van der Waals surface area contributed by atoms with Crippen LogP contribution >= 0.6 is 0 Å². The van der Waals surface area contributed by atoms with E-state index >= 15 is 0 Å². The number of nitrogens with two attached hydrogens (primary N) is 1. The van der Waals surface area contributed by atoms with E-state index in [0.717, 1.165) is 24.3 Å². The molecule has 41 heavy (non-hydrogen) atoms. The zero-order valence-corrected chi connectivity index (χ0v) is 20.3. The molecule has 0 bridgehead atoms. The molecule has 3 rings (SSSR count). The molecular weight excluding hydrogens is 581 g/mol. The fourth-order valence-corrected chi connectivity index (χ4v) is 4.19. The highest BCUT2D eigenvalue weighted by molar-refractivity contribution is 5.85. The van der Waals surface area contributed by atoms with Gasteiger partial charge in [0.05, 0.1) is 11.1 Å². The highest BCUT2D eigenvalue weighted by Gasteiger charge is 2.75. The van der Waals surface area contributed by atoms with Gasteiger partial charge in [0.1, 0.15) is 17.7 Å². The van der Waals surface area contributed by atoms with Gasteiger partial charge < -0.3 is 16.2 Å². The van der Waals surface area contributed by atoms with Gasteiger partial charge in [0, 0.05) is 6.42 Å². The highest BCUT2D eigenvalue weighted by Crippen LogP contribution is 2.45. The lowest BCUT2D eigenvalue weighted by Crippen LogP contribution is -2.72. The fourth-order valence-electron chi connectivity index (χ4n) is 4.19. The minimum Gasteiger partial charge on any atom is -0.372 e. The van der Waals surface area contributed by atoms with Gasteiger partial charge in [-0.2, -0.15) is 39.5 Å². The van der Waals surface area contributed by atoms with Gasteiger partial charge in [0.15, 0.2) is 0 Å². The van der Waals surface area contributed by atoms with E-state index in [1.165, 1.54) is 30.3 Å². The van der Waals surface area contributed by atoms with E-state index in [0.29, 0.717) is 12.1 Å². The van der Waals surface area contributed by atoms with Crippen LogP contribution in [0.15, 0.2) is 72.8 Å². The highest BCUT2D eigenvalue weighted by atomic mass is 19.4. The first-order valence-corrected chi connectivity index (χ1v) is 11.3. The lowest BCUT2D eigenvalue weighted by molar-refractivity contribution is -0.371. The maximum absolute atomic E-state index is 14.6. The summed E-state index contributed by atoms with van der Waals surface area (Å²) in [6.45, 7) is 0. The van der Waals surface area contributed by atoms with Crippen LogP contribution in [0.1, 0.15) is 22.3 Å². The van der Waals surface area contributed by atoms with Crippen molar-refractivity contribution in [1.82, 2.24) is 5.32 Å². The topological polar surface area (TPSA) is 75.4 Å². The van der Waals surface area contributed by atoms with Crippen LogP contribution < -0.4 is 11.1 Å². The monoisotopic (exact) mass is 600 g/mol. The third-order valence-electron chi connectivity index (χ3n) is 6.30. The van der Waals surface area contributed by atoms with Crippen molar-refractivity contribution in [2.45, 2.75) is 42.1 Å². The molecule has 0 aliphatic heterocycles. The van der Waals surface area contributed by atoms with E-state index in [-0.39, 0.29) is 17.2 Å². The first-order chi connectivity index (χ1) is 18.7. The number of amides is 1. The predicted molar refractivity (Wildman–Crippen MR) is 122 cm³/mol. The SMILES string of the molecule is NC(C(=O)NC(Cc1ccccc1)(c1ccc(F)cc1)c1cc(F)cc(C(F)(F)F)c1)C(O)(C(F)(F)F)C(F)(F)F. The molecule has 0 radical (unpaired) electrons. The number of halogens is 11. The Hall–Kier alpha value is -3.72. The van der Waals surface area contributed by atoms with E-state index in [2.05, 4.69) is 0 Å². The minimum absolute atomic E-state index is 0.0705. The summed E-state index contributed by atoms with van der Waals surface area (Å²) in [4.78, 5) is 13.1. The normalized spacial score (nSPS) is 15.2. The molecule has 4 N–H and O–H groups in total. The minimum atomic E-state index is -6.54. The quantitative estimate of drug-likeness (QED) is 0.302. The second-order valence-electron chi connectivity index (χ2n) is 9.03. The molecule has 0 aliphatic rings. The summed E-state index contributed by atoms with van der Waals surface area (Å²) in [5.41, 5.74) is -5.95. The molecule has 3 aromatic rings. The van der Waals surface area contributed by atoms with Crippen LogP contribution in [0.4, 0.5) is 48.3 Å². The number of nitrogens with one attached hydrogen (secondary N) is 1. The van der Waals surface area contributed by atoms with Crippen LogP contribution in [0.3, 0.4) is 0 Å². The Balaban J connectivity index is 2.35. The maximum Gasteiger partial charge on any atom is 0.428 e. The molecule has 2 unspecified atom stereocenters. The van der Waals surface area contributed by atoms with Crippen LogP contribution in [0, 0.1) is 11.6 Å². The van der Waals surface area contributed by atoms with Gasteiger partial charge in [-0.15, -0.1) is 0 Å². The molecule has 4 nitrogen and oxygen atoms in total. The molecule has 0 saturated carbocycles. The molecule has 15 heteroatoms. The van der Waals surface area contributed by atoms with Crippen LogP contribution in [0.5, 0.6) is 0 Å². The number of hydrogen-bond donors (Lipinski definition) is 3. The average molecular weight is 600 g/mol. The number of rotatable bonds is 7. The van der Waals surface area contributed by atoms with Crippen molar-refractivity contribution in [1.29, 1.82) is 0 Å². The second kappa shape index (κ2) is 10.9. The standard InChI is InChI=1S/C26H19F11N2O2/c27-18-8-6-15(7-9-18)22(13-14-4-2-1-3-5-14,16-10-17(24(29,30)31)12-19(28)11-16)39-21(40)20(38)23(41,25(32,33)34)26(35,36)37/h1-12,20,41H,13,38H2,(H,39,40). The molecule has 0 heterocycles. The van der Waals surface area contributed by atoms with Crippen molar-refractivity contribution >= 4 is 5.91 Å². The van der Waals surface area contributed by atoms with E-state index < -0.39 is 70.8 Å². The summed E-state index contributed by atoms with van der Waals surface area (Å²) in [5.74, 6) is -4.76. The van der Waals surface area contributed by atoms with Crippen molar-refractivity contribution in [3.8, 4) is 0 Å². The molecule has 2 atom stereocenters. The van der Waals surface area contributed by atoms with Gasteiger partial charge >= 0.3 is 18.5 Å². The van der Waals surface area contributed by atoms with Crippen molar-refractivity contribution < 1.29 is 58.2 Å². The molecule has 1 amide bonds. The second-order valence-corrected chi connectivity index (χ2v) is 9.03. The molecule has 0 fully saturated rings. The number of aliphatic hydroxyl groups is 1. The lowest BCUT2D eigenvalue weighted by atomic mass is 9.76. The summed E-state index contributed by atoms with van der Waals surface area (Å²) in [6, 6.07) is 7.29. The van der Waals surface area contributed by atoms with Gasteiger partial charge in [0.2, 0.25) is 5.91 Å². The molecule has 0 saturated heterocycles. The zero-order chi connectivity index (χ0) is 31.0. The zero-order valence-electron chi connectivity index (χ0n) is 20.3. The molecule has 0 spiro atoms. The van der Waals surface area contributed by atoms with E-state index in [1.54, 1.807) is 5.32 Å². The number of hydrogen-bond acceptors (Lipinski definition) is 3. The smallest absolute Gasteiger partial charge is 0.372 e. The molecule has 0 aliphatic carbocycles. The predicted octanol–water partition coefficient (Wildman–Crippen LogP) is 5.77. The first-order valence-electron chi connectivity index (χ1n) is 11.3. The number of alkyl halides is 9. The Kier molecular flexibility index (Phi) is 8.48. The lowest BCUT2D eigenvalue weighted by Gasteiger charge is -2.41. The Bertz CT molecular complexity index is 1360. The molecule has 3 aromatic carbocycles. The van der Waals surface area contributed by atoms with E-state index in [9.17, 15) is 58.2 Å². The summed E-state index contributed by atoms with van der Waals surface area (Å²) in [5, 5.41) is 11.5. The number of benzene rings is 3. The Morgan fingerprint density at radius 2 is 1.24 bits per heavy atom. The molecule has 0 aromatic heterocycles. The van der Waals surface area contributed by atoms with E-state index in [1.807, 2.05) is 0 Å². The van der Waals surface area contributed by atoms with Gasteiger partial charge in [0.25, 0.3) is 5.60 Å². The summed E-state index contributed by atoms with van der Waals surface area (Å²) >= 11 is 0. The maximum atomic E-state index is 14.6. The third-order valence-corrected chi connectivity index (χ3v) is 6.30. The van der Waals surface area contributed by atoms with Crippen molar-refractivity contribution in [3.63, 3.8) is 0 Å². The summed E-state index contributed by atoms with van der Waals surface area (Å²) < 4.78 is 150. The van der Waals surface area contributed by atoms with E-state index in [4.69, 9.17) is 5.73 Å². The van der Waals surface area contributed by atoms with Crippen LogP contribution in [0.2, 0.25) is 0 Å². The van der Waals surface area contributed by atoms with Crippen molar-refractivity contribution in [2.24, 2.45) is 5.73 Å².